The number of hydrogen-bond acceptors (Lipinski definition) is 3. The standard InChI is InChI=1S/C7H11O3.Y/c1-5-6(4-8)10-7(2,3)9-5;/h5-6H,1-3H3;/q-1;/t5-,6-;/m1./s1. The zero-order valence-electron chi connectivity index (χ0n) is 6.96. The molecule has 0 N–H and O–H groups in total. The molecule has 0 saturated carbocycles. The summed E-state index contributed by atoms with van der Waals surface area (Å²) in [6, 6.07) is 0. The normalized spacial score (nSPS) is 34.5. The zero-order valence-corrected chi connectivity index (χ0v) is 9.80. The topological polar surface area (TPSA) is 35.5 Å². The van der Waals surface area contributed by atoms with E-state index in [-0.39, 0.29) is 38.8 Å². The minimum Gasteiger partial charge on any atom is -0.539 e. The van der Waals surface area contributed by atoms with Crippen LogP contribution in [0.2, 0.25) is 0 Å². The molecule has 4 heteroatoms. The first-order valence-corrected chi connectivity index (χ1v) is 3.28. The van der Waals surface area contributed by atoms with Gasteiger partial charge in [0.15, 0.2) is 5.79 Å². The van der Waals surface area contributed by atoms with Crippen molar-refractivity contribution in [1.29, 1.82) is 0 Å². The molecule has 0 amide bonds. The average Bonchev–Trinajstić information content (AvgIpc) is 2.05. The van der Waals surface area contributed by atoms with E-state index >= 15 is 0 Å². The van der Waals surface area contributed by atoms with Gasteiger partial charge in [-0.15, -0.1) is 0 Å². The quantitative estimate of drug-likeness (QED) is 0.622. The van der Waals surface area contributed by atoms with Gasteiger partial charge in [-0.1, -0.05) is 0 Å². The van der Waals surface area contributed by atoms with Crippen LogP contribution in [0.1, 0.15) is 20.8 Å². The molecule has 3 nitrogen and oxygen atoms in total. The predicted octanol–water partition coefficient (Wildman–Crippen LogP) is 0.634. The van der Waals surface area contributed by atoms with E-state index in [4.69, 9.17) is 9.47 Å². The first kappa shape index (κ1) is 11.7. The molecule has 0 aromatic rings. The molecule has 0 aromatic carbocycles. The fourth-order valence-corrected chi connectivity index (χ4v) is 1.06. The van der Waals surface area contributed by atoms with E-state index in [2.05, 4.69) is 0 Å². The van der Waals surface area contributed by atoms with Gasteiger partial charge in [0.1, 0.15) is 0 Å². The van der Waals surface area contributed by atoms with Crippen molar-refractivity contribution in [3.63, 3.8) is 0 Å². The number of rotatable bonds is 1. The minimum atomic E-state index is -0.624. The van der Waals surface area contributed by atoms with Crippen LogP contribution in [0.4, 0.5) is 0 Å². The van der Waals surface area contributed by atoms with Gasteiger partial charge < -0.3 is 14.3 Å². The molecule has 2 atom stereocenters. The predicted molar refractivity (Wildman–Crippen MR) is 35.2 cm³/mol. The zero-order chi connectivity index (χ0) is 7.78. The fraction of sp³-hybridized carbons (Fsp3) is 0.857. The number of hydrogen-bond donors (Lipinski definition) is 0. The molecule has 1 heterocycles. The molecule has 0 aliphatic carbocycles. The Morgan fingerprint density at radius 3 is 2.09 bits per heavy atom. The van der Waals surface area contributed by atoms with Gasteiger partial charge in [-0.3, -0.25) is 0 Å². The van der Waals surface area contributed by atoms with Crippen molar-refractivity contribution in [3.8, 4) is 0 Å². The Morgan fingerprint density at radius 2 is 1.91 bits per heavy atom. The molecule has 1 fully saturated rings. The van der Waals surface area contributed by atoms with Crippen molar-refractivity contribution < 1.29 is 47.0 Å². The summed E-state index contributed by atoms with van der Waals surface area (Å²) in [5.41, 5.74) is 0. The average molecular weight is 232 g/mol. The van der Waals surface area contributed by atoms with Crippen molar-refractivity contribution in [2.24, 2.45) is 0 Å². The number of carbonyl (C=O) groups excluding carboxylic acids is 1. The number of ether oxygens (including phenoxy) is 2. The van der Waals surface area contributed by atoms with Crippen molar-refractivity contribution >= 4 is 6.29 Å². The fourth-order valence-electron chi connectivity index (χ4n) is 1.06. The van der Waals surface area contributed by atoms with Crippen LogP contribution < -0.4 is 0 Å². The van der Waals surface area contributed by atoms with Crippen LogP contribution in [-0.4, -0.2) is 24.3 Å². The Labute approximate surface area is 91.7 Å². The van der Waals surface area contributed by atoms with E-state index in [0.717, 1.165) is 0 Å². The van der Waals surface area contributed by atoms with Crippen molar-refractivity contribution in [1.82, 2.24) is 0 Å². The molecule has 61 valence electrons. The SMILES string of the molecule is C[C@H]1OC(C)(C)O[C@@H]1[C-]=O.[Y]. The largest absolute Gasteiger partial charge is 0.539 e. The van der Waals surface area contributed by atoms with Crippen LogP contribution in [0.5, 0.6) is 0 Å². The second-order valence-corrected chi connectivity index (χ2v) is 2.88. The van der Waals surface area contributed by atoms with E-state index in [1.165, 1.54) is 0 Å². The molecule has 1 rings (SSSR count). The van der Waals surface area contributed by atoms with E-state index in [1.807, 2.05) is 0 Å². The maximum atomic E-state index is 10.2. The molecule has 1 radical (unpaired) electrons. The van der Waals surface area contributed by atoms with E-state index < -0.39 is 11.9 Å². The molecule has 1 aliphatic rings. The van der Waals surface area contributed by atoms with Gasteiger partial charge in [-0.05, 0) is 26.9 Å². The monoisotopic (exact) mass is 232 g/mol. The van der Waals surface area contributed by atoms with E-state index in [1.54, 1.807) is 27.1 Å². The molecule has 0 spiro atoms. The summed E-state index contributed by atoms with van der Waals surface area (Å²) >= 11 is 0. The molecule has 0 unspecified atom stereocenters. The Morgan fingerprint density at radius 1 is 1.36 bits per heavy atom. The third-order valence-corrected chi connectivity index (χ3v) is 1.42. The summed E-state index contributed by atoms with van der Waals surface area (Å²) in [5.74, 6) is -0.624. The van der Waals surface area contributed by atoms with Gasteiger partial charge >= 0.3 is 0 Å². The Bertz CT molecular complexity index is 147. The van der Waals surface area contributed by atoms with Crippen LogP contribution in [0.15, 0.2) is 0 Å². The Hall–Kier alpha value is 0.694. The summed E-state index contributed by atoms with van der Waals surface area (Å²) < 4.78 is 10.4. The first-order chi connectivity index (χ1) is 4.55. The second kappa shape index (κ2) is 4.08. The maximum Gasteiger partial charge on any atom is 0.160 e. The van der Waals surface area contributed by atoms with Gasteiger partial charge in [-0.2, -0.15) is 0 Å². The van der Waals surface area contributed by atoms with Crippen LogP contribution in [0, 0.1) is 0 Å². The van der Waals surface area contributed by atoms with Crippen LogP contribution in [0.25, 0.3) is 0 Å². The summed E-state index contributed by atoms with van der Waals surface area (Å²) in [4.78, 5) is 10.2. The van der Waals surface area contributed by atoms with Gasteiger partial charge in [0.25, 0.3) is 0 Å². The molecule has 0 aromatic heterocycles. The van der Waals surface area contributed by atoms with Crippen LogP contribution >= 0.6 is 0 Å². The third-order valence-electron chi connectivity index (χ3n) is 1.42. The van der Waals surface area contributed by atoms with Gasteiger partial charge in [0.05, 0.1) is 6.10 Å². The van der Waals surface area contributed by atoms with E-state index in [0.29, 0.717) is 0 Å². The van der Waals surface area contributed by atoms with Gasteiger partial charge in [-0.25, -0.2) is 6.29 Å². The smallest absolute Gasteiger partial charge is 0.160 e. The Balaban J connectivity index is 0.000001000. The molecule has 11 heavy (non-hydrogen) atoms. The first-order valence-electron chi connectivity index (χ1n) is 3.28. The maximum absolute atomic E-state index is 10.2. The summed E-state index contributed by atoms with van der Waals surface area (Å²) in [5, 5.41) is 0. The summed E-state index contributed by atoms with van der Waals surface area (Å²) in [6.07, 6.45) is 1.08. The van der Waals surface area contributed by atoms with Crippen molar-refractivity contribution in [2.75, 3.05) is 0 Å². The molecule has 1 saturated heterocycles. The molecule has 0 bridgehead atoms. The van der Waals surface area contributed by atoms with Crippen LogP contribution in [0.3, 0.4) is 0 Å². The second-order valence-electron chi connectivity index (χ2n) is 2.88. The third kappa shape index (κ3) is 2.90. The van der Waals surface area contributed by atoms with Gasteiger partial charge in [0, 0.05) is 32.7 Å². The Kier molecular flexibility index (Phi) is 4.34. The van der Waals surface area contributed by atoms with Crippen LogP contribution in [-0.2, 0) is 47.0 Å². The molecule has 1 aliphatic heterocycles. The van der Waals surface area contributed by atoms with Crippen molar-refractivity contribution in [3.05, 3.63) is 0 Å². The minimum absolute atomic E-state index is 0. The molecular formula is C7H11O3Y-. The van der Waals surface area contributed by atoms with Gasteiger partial charge in [0.2, 0.25) is 0 Å². The van der Waals surface area contributed by atoms with Crippen molar-refractivity contribution in [2.45, 2.75) is 38.8 Å². The summed E-state index contributed by atoms with van der Waals surface area (Å²) in [7, 11) is 0. The van der Waals surface area contributed by atoms with E-state index in [9.17, 15) is 4.79 Å². The molecular weight excluding hydrogens is 221 g/mol. The summed E-state index contributed by atoms with van der Waals surface area (Å²) in [6.45, 7) is 5.35.